The largest absolute Gasteiger partial charge is 0.468 e. The second-order valence-corrected chi connectivity index (χ2v) is 8.73. The molecule has 0 fully saturated rings. The van der Waals surface area contributed by atoms with Crippen LogP contribution in [0.2, 0.25) is 0 Å². The first-order valence-electron chi connectivity index (χ1n) is 7.79. The maximum atomic E-state index is 12.8. The van der Waals surface area contributed by atoms with Crippen molar-refractivity contribution in [3.05, 3.63) is 22.2 Å². The fourth-order valence-electron chi connectivity index (χ4n) is 2.74. The van der Waals surface area contributed by atoms with Crippen LogP contribution in [0.1, 0.15) is 26.3 Å². The number of fused-ring (bicyclic) bond motifs is 1. The number of carbonyl (C=O) groups is 2. The van der Waals surface area contributed by atoms with Crippen molar-refractivity contribution < 1.29 is 22.7 Å². The fourth-order valence-corrected chi connectivity index (χ4v) is 5.18. The van der Waals surface area contributed by atoms with Crippen LogP contribution in [0, 0.1) is 5.92 Å². The molecule has 1 amide bonds. The van der Waals surface area contributed by atoms with E-state index < -0.39 is 22.0 Å². The van der Waals surface area contributed by atoms with E-state index in [1.807, 2.05) is 0 Å². The Hall–Kier alpha value is -1.45. The van der Waals surface area contributed by atoms with Gasteiger partial charge in [0.25, 0.3) is 0 Å². The molecule has 25 heavy (non-hydrogen) atoms. The predicted molar refractivity (Wildman–Crippen MR) is 96.8 cm³/mol. The lowest BCUT2D eigenvalue weighted by Crippen LogP contribution is -2.45. The zero-order valence-corrected chi connectivity index (χ0v) is 16.9. The topological polar surface area (TPSA) is 92.8 Å². The van der Waals surface area contributed by atoms with E-state index in [0.717, 1.165) is 5.56 Å². The van der Waals surface area contributed by atoms with Gasteiger partial charge in [-0.1, -0.05) is 13.8 Å². The van der Waals surface area contributed by atoms with Crippen molar-refractivity contribution in [3.63, 3.8) is 0 Å². The van der Waals surface area contributed by atoms with E-state index >= 15 is 0 Å². The first-order valence-corrected chi connectivity index (χ1v) is 10.1. The highest BCUT2D eigenvalue weighted by molar-refractivity contribution is 9.10. The Labute approximate surface area is 155 Å². The molecule has 0 saturated carbocycles. The Balaban J connectivity index is 2.45. The summed E-state index contributed by atoms with van der Waals surface area (Å²) < 4.78 is 33.1. The van der Waals surface area contributed by atoms with Gasteiger partial charge in [-0.25, -0.2) is 8.42 Å². The van der Waals surface area contributed by atoms with Crippen LogP contribution in [-0.2, 0) is 30.8 Å². The van der Waals surface area contributed by atoms with Gasteiger partial charge in [-0.05, 0) is 46.0 Å². The third kappa shape index (κ3) is 4.04. The van der Waals surface area contributed by atoms with Crippen LogP contribution in [-0.4, -0.2) is 40.0 Å². The summed E-state index contributed by atoms with van der Waals surface area (Å²) in [4.78, 5) is 25.1. The van der Waals surface area contributed by atoms with Crippen LogP contribution in [0.3, 0.4) is 0 Å². The number of rotatable bonds is 5. The minimum absolute atomic E-state index is 0.0195. The van der Waals surface area contributed by atoms with Crippen LogP contribution in [0.25, 0.3) is 0 Å². The van der Waals surface area contributed by atoms with Gasteiger partial charge in [0.1, 0.15) is 6.04 Å². The molecular formula is C16H21BrN2O5S. The van der Waals surface area contributed by atoms with E-state index in [-0.39, 0.29) is 16.7 Å². The number of amides is 1. The molecule has 138 valence electrons. The van der Waals surface area contributed by atoms with E-state index in [9.17, 15) is 18.0 Å². The van der Waals surface area contributed by atoms with Crippen molar-refractivity contribution in [1.82, 2.24) is 4.72 Å². The van der Waals surface area contributed by atoms with Gasteiger partial charge in [0.05, 0.1) is 12.0 Å². The molecule has 0 aromatic heterocycles. The molecule has 9 heteroatoms. The quantitative estimate of drug-likeness (QED) is 0.716. The first kappa shape index (κ1) is 19.9. The zero-order chi connectivity index (χ0) is 18.9. The number of halogens is 1. The second-order valence-electron chi connectivity index (χ2n) is 6.20. The van der Waals surface area contributed by atoms with E-state index in [2.05, 4.69) is 25.4 Å². The Bertz CT molecular complexity index is 807. The molecule has 0 saturated heterocycles. The highest BCUT2D eigenvalue weighted by Gasteiger charge is 2.32. The molecule has 1 unspecified atom stereocenters. The summed E-state index contributed by atoms with van der Waals surface area (Å²) in [6, 6.07) is 2.17. The number of hydrogen-bond acceptors (Lipinski definition) is 5. The van der Waals surface area contributed by atoms with E-state index in [0.29, 0.717) is 23.1 Å². The summed E-state index contributed by atoms with van der Waals surface area (Å²) in [7, 11) is -2.79. The lowest BCUT2D eigenvalue weighted by atomic mass is 10.1. The molecule has 7 nitrogen and oxygen atoms in total. The number of hydrogen-bond donors (Lipinski definition) is 1. The van der Waals surface area contributed by atoms with Gasteiger partial charge in [-0.2, -0.15) is 4.72 Å². The molecule has 0 bridgehead atoms. The highest BCUT2D eigenvalue weighted by atomic mass is 79.9. The molecule has 1 atom stereocenters. The summed E-state index contributed by atoms with van der Waals surface area (Å²) in [6.45, 7) is 5.40. The molecular weight excluding hydrogens is 412 g/mol. The molecule has 1 N–H and O–H groups in total. The SMILES string of the molecule is COC(=O)C(NS(=O)(=O)c1cc2c(cc1Br)CCN2C(C)=O)C(C)C. The van der Waals surface area contributed by atoms with Gasteiger partial charge in [-0.3, -0.25) is 9.59 Å². The van der Waals surface area contributed by atoms with Crippen molar-refractivity contribution in [2.45, 2.75) is 38.1 Å². The van der Waals surface area contributed by atoms with Crippen LogP contribution < -0.4 is 9.62 Å². The fraction of sp³-hybridized carbons (Fsp3) is 0.500. The Morgan fingerprint density at radius 3 is 2.48 bits per heavy atom. The number of ether oxygens (including phenoxy) is 1. The van der Waals surface area contributed by atoms with E-state index in [1.165, 1.54) is 20.1 Å². The van der Waals surface area contributed by atoms with Gasteiger partial charge >= 0.3 is 5.97 Å². The second kappa shape index (κ2) is 7.43. The average molecular weight is 433 g/mol. The minimum atomic E-state index is -4.00. The molecule has 1 aromatic carbocycles. The molecule has 1 aromatic rings. The minimum Gasteiger partial charge on any atom is -0.468 e. The molecule has 0 aliphatic carbocycles. The van der Waals surface area contributed by atoms with Crippen molar-refractivity contribution in [1.29, 1.82) is 0 Å². The predicted octanol–water partition coefficient (Wildman–Crippen LogP) is 1.83. The lowest BCUT2D eigenvalue weighted by Gasteiger charge is -2.21. The molecule has 1 aliphatic heterocycles. The average Bonchev–Trinajstić information content (AvgIpc) is 2.93. The van der Waals surface area contributed by atoms with Gasteiger partial charge < -0.3 is 9.64 Å². The number of methoxy groups -OCH3 is 1. The summed E-state index contributed by atoms with van der Waals surface area (Å²) in [5.74, 6) is -1.09. The summed E-state index contributed by atoms with van der Waals surface area (Å²) in [6.07, 6.45) is 0.665. The van der Waals surface area contributed by atoms with E-state index in [4.69, 9.17) is 0 Å². The third-order valence-corrected chi connectivity index (χ3v) is 6.50. The van der Waals surface area contributed by atoms with Crippen molar-refractivity contribution in [3.8, 4) is 0 Å². The number of anilines is 1. The Morgan fingerprint density at radius 1 is 1.32 bits per heavy atom. The Kier molecular flexibility index (Phi) is 5.90. The van der Waals surface area contributed by atoms with E-state index in [1.54, 1.807) is 24.8 Å². The Morgan fingerprint density at radius 2 is 1.96 bits per heavy atom. The molecule has 0 spiro atoms. The normalized spacial score (nSPS) is 15.2. The summed E-state index contributed by atoms with van der Waals surface area (Å²) >= 11 is 3.28. The van der Waals surface area contributed by atoms with Gasteiger partial charge in [-0.15, -0.1) is 0 Å². The van der Waals surface area contributed by atoms with Crippen molar-refractivity contribution in [2.24, 2.45) is 5.92 Å². The number of sulfonamides is 1. The van der Waals surface area contributed by atoms with Crippen LogP contribution in [0.15, 0.2) is 21.5 Å². The van der Waals surface area contributed by atoms with Crippen LogP contribution in [0.5, 0.6) is 0 Å². The first-order chi connectivity index (χ1) is 11.6. The number of carbonyl (C=O) groups excluding carboxylic acids is 2. The number of benzene rings is 1. The monoisotopic (exact) mass is 432 g/mol. The zero-order valence-electron chi connectivity index (χ0n) is 14.5. The van der Waals surface area contributed by atoms with Crippen molar-refractivity contribution in [2.75, 3.05) is 18.6 Å². The van der Waals surface area contributed by atoms with Crippen molar-refractivity contribution >= 4 is 43.5 Å². The highest BCUT2D eigenvalue weighted by Crippen LogP contribution is 2.35. The molecule has 1 aliphatic rings. The number of nitrogens with one attached hydrogen (secondary N) is 1. The maximum Gasteiger partial charge on any atom is 0.324 e. The van der Waals surface area contributed by atoms with Crippen LogP contribution in [0.4, 0.5) is 5.69 Å². The lowest BCUT2D eigenvalue weighted by molar-refractivity contribution is -0.143. The van der Waals surface area contributed by atoms with Gasteiger partial charge in [0.15, 0.2) is 0 Å². The number of esters is 1. The third-order valence-electron chi connectivity index (χ3n) is 4.10. The van der Waals surface area contributed by atoms with Gasteiger partial charge in [0, 0.05) is 23.6 Å². The smallest absolute Gasteiger partial charge is 0.324 e. The molecule has 1 heterocycles. The summed E-state index contributed by atoms with van der Waals surface area (Å²) in [5.41, 5.74) is 1.48. The molecule has 2 rings (SSSR count). The maximum absolute atomic E-state index is 12.8. The van der Waals surface area contributed by atoms with Gasteiger partial charge in [0.2, 0.25) is 15.9 Å². The molecule has 0 radical (unpaired) electrons. The number of nitrogens with zero attached hydrogens (tertiary/aromatic N) is 1. The van der Waals surface area contributed by atoms with Crippen LogP contribution >= 0.6 is 15.9 Å². The standard InChI is InChI=1S/C16H21BrN2O5S/c1-9(2)15(16(21)24-4)18-25(22,23)14-8-13-11(7-12(14)17)5-6-19(13)10(3)20/h7-9,15,18H,5-6H2,1-4H3. The summed E-state index contributed by atoms with van der Waals surface area (Å²) in [5, 5.41) is 0.